The van der Waals surface area contributed by atoms with Crippen LogP contribution in [0.4, 0.5) is 0 Å². The van der Waals surface area contributed by atoms with Crippen molar-refractivity contribution in [2.75, 3.05) is 14.2 Å². The molecule has 106 valence electrons. The third kappa shape index (κ3) is 1.11. The normalized spacial score (nSPS) is 53.6. The SMILES string of the molecule is COC1(OC)CCC[C@@]2(C)C[C@H]3O[C@@]12C(=O)[C@@H]1O[C@H]31. The number of carbonyl (C=O) groups is 1. The first-order valence-corrected chi connectivity index (χ1v) is 7.01. The second-order valence-corrected chi connectivity index (χ2v) is 6.50. The zero-order valence-electron chi connectivity index (χ0n) is 11.6. The van der Waals surface area contributed by atoms with Crippen molar-refractivity contribution in [3.63, 3.8) is 0 Å². The molecule has 0 radical (unpaired) electrons. The van der Waals surface area contributed by atoms with Crippen LogP contribution in [0.1, 0.15) is 32.6 Å². The van der Waals surface area contributed by atoms with E-state index in [-0.39, 0.29) is 29.5 Å². The highest BCUT2D eigenvalue weighted by atomic mass is 16.7. The van der Waals surface area contributed by atoms with Gasteiger partial charge in [-0.3, -0.25) is 4.79 Å². The van der Waals surface area contributed by atoms with Gasteiger partial charge in [0.15, 0.2) is 5.60 Å². The van der Waals surface area contributed by atoms with Gasteiger partial charge < -0.3 is 18.9 Å². The standard InChI is InChI=1S/C14H20O5/c1-12-5-4-6-13(16-2,17-3)14(12)11(15)10-9(18-10)8(7-12)19-14/h8-10H,4-7H2,1-3H3/t8-,9-,10-,12+,14-/m1/s1. The molecule has 0 aromatic carbocycles. The lowest BCUT2D eigenvalue weighted by molar-refractivity contribution is -0.332. The van der Waals surface area contributed by atoms with E-state index in [1.54, 1.807) is 14.2 Å². The number of epoxide rings is 1. The van der Waals surface area contributed by atoms with E-state index in [1.807, 2.05) is 0 Å². The molecule has 3 heterocycles. The van der Waals surface area contributed by atoms with Gasteiger partial charge in [-0.25, -0.2) is 0 Å². The number of rotatable bonds is 2. The maximum atomic E-state index is 12.9. The van der Waals surface area contributed by atoms with Crippen molar-refractivity contribution in [3.8, 4) is 0 Å². The molecule has 19 heavy (non-hydrogen) atoms. The fourth-order valence-corrected chi connectivity index (χ4v) is 4.83. The van der Waals surface area contributed by atoms with Crippen molar-refractivity contribution in [1.82, 2.24) is 0 Å². The number of carbonyl (C=O) groups excluding carboxylic acids is 1. The van der Waals surface area contributed by atoms with Gasteiger partial charge in [-0.15, -0.1) is 0 Å². The molecule has 4 rings (SSSR count). The van der Waals surface area contributed by atoms with Crippen molar-refractivity contribution in [2.24, 2.45) is 5.41 Å². The Balaban J connectivity index is 1.91. The summed E-state index contributed by atoms with van der Waals surface area (Å²) >= 11 is 0. The summed E-state index contributed by atoms with van der Waals surface area (Å²) in [5.74, 6) is -0.944. The molecule has 3 aliphatic heterocycles. The molecule has 0 aromatic rings. The topological polar surface area (TPSA) is 57.3 Å². The first-order valence-electron chi connectivity index (χ1n) is 7.01. The average Bonchev–Trinajstić information content (AvgIpc) is 3.14. The van der Waals surface area contributed by atoms with E-state index in [4.69, 9.17) is 18.9 Å². The number of ether oxygens (including phenoxy) is 4. The van der Waals surface area contributed by atoms with E-state index < -0.39 is 11.4 Å². The van der Waals surface area contributed by atoms with Crippen LogP contribution < -0.4 is 0 Å². The number of fused-ring (bicyclic) bond motifs is 3. The Labute approximate surface area is 112 Å². The highest BCUT2D eigenvalue weighted by molar-refractivity contribution is 5.97. The zero-order valence-corrected chi connectivity index (χ0v) is 11.6. The third-order valence-corrected chi connectivity index (χ3v) is 5.76. The van der Waals surface area contributed by atoms with Crippen molar-refractivity contribution < 1.29 is 23.7 Å². The Morgan fingerprint density at radius 1 is 1.26 bits per heavy atom. The number of Topliss-reactive ketones (excluding diaryl/α,β-unsaturated/α-hetero) is 1. The van der Waals surface area contributed by atoms with Crippen LogP contribution in [0.25, 0.3) is 0 Å². The van der Waals surface area contributed by atoms with Crippen LogP contribution in [-0.4, -0.2) is 49.7 Å². The van der Waals surface area contributed by atoms with Crippen LogP contribution in [0.15, 0.2) is 0 Å². The maximum absolute atomic E-state index is 12.9. The summed E-state index contributed by atoms with van der Waals surface area (Å²) in [5, 5.41) is 0. The lowest BCUT2D eigenvalue weighted by Gasteiger charge is -2.55. The molecule has 0 aromatic heterocycles. The van der Waals surface area contributed by atoms with Gasteiger partial charge >= 0.3 is 0 Å². The van der Waals surface area contributed by atoms with Gasteiger partial charge in [0.2, 0.25) is 11.6 Å². The minimum Gasteiger partial charge on any atom is -0.358 e. The number of ketones is 1. The van der Waals surface area contributed by atoms with Crippen LogP contribution in [-0.2, 0) is 23.7 Å². The summed E-state index contributed by atoms with van der Waals surface area (Å²) in [7, 11) is 3.21. The molecular weight excluding hydrogens is 248 g/mol. The van der Waals surface area contributed by atoms with Crippen LogP contribution in [0.2, 0.25) is 0 Å². The molecular formula is C14H20O5. The van der Waals surface area contributed by atoms with Gasteiger partial charge in [-0.1, -0.05) is 6.92 Å². The van der Waals surface area contributed by atoms with Gasteiger partial charge in [0.05, 0.1) is 6.10 Å². The minimum atomic E-state index is -0.996. The number of hydrogen-bond donors (Lipinski definition) is 0. The lowest BCUT2D eigenvalue weighted by Crippen LogP contribution is -2.71. The molecule has 0 amide bonds. The molecule has 0 unspecified atom stereocenters. The molecule has 1 aliphatic carbocycles. The first-order chi connectivity index (χ1) is 9.03. The monoisotopic (exact) mass is 268 g/mol. The fraction of sp³-hybridized carbons (Fsp3) is 0.929. The summed E-state index contributed by atoms with van der Waals surface area (Å²) in [6.07, 6.45) is 3.17. The zero-order chi connectivity index (χ0) is 13.5. The first kappa shape index (κ1) is 12.3. The van der Waals surface area contributed by atoms with Crippen molar-refractivity contribution in [2.45, 2.75) is 62.3 Å². The van der Waals surface area contributed by atoms with E-state index in [1.165, 1.54) is 0 Å². The third-order valence-electron chi connectivity index (χ3n) is 5.76. The maximum Gasteiger partial charge on any atom is 0.205 e. The van der Waals surface area contributed by atoms with Crippen LogP contribution in [0.3, 0.4) is 0 Å². The van der Waals surface area contributed by atoms with E-state index in [0.29, 0.717) is 6.42 Å². The lowest BCUT2D eigenvalue weighted by atomic mass is 9.59. The largest absolute Gasteiger partial charge is 0.358 e. The van der Waals surface area contributed by atoms with Crippen LogP contribution in [0, 0.1) is 5.41 Å². The molecule has 1 saturated carbocycles. The van der Waals surface area contributed by atoms with Gasteiger partial charge in [0.1, 0.15) is 12.2 Å². The molecule has 5 nitrogen and oxygen atoms in total. The number of hydrogen-bond acceptors (Lipinski definition) is 5. The minimum absolute atomic E-state index is 0.00970. The van der Waals surface area contributed by atoms with E-state index in [0.717, 1.165) is 19.3 Å². The summed E-state index contributed by atoms with van der Waals surface area (Å²) in [4.78, 5) is 12.9. The Morgan fingerprint density at radius 3 is 2.68 bits per heavy atom. The molecule has 4 fully saturated rings. The fourth-order valence-electron chi connectivity index (χ4n) is 4.83. The highest BCUT2D eigenvalue weighted by Crippen LogP contribution is 2.66. The van der Waals surface area contributed by atoms with Gasteiger partial charge in [-0.2, -0.15) is 0 Å². The highest BCUT2D eigenvalue weighted by Gasteiger charge is 2.81. The van der Waals surface area contributed by atoms with Gasteiger partial charge in [0.25, 0.3) is 0 Å². The smallest absolute Gasteiger partial charge is 0.205 e. The van der Waals surface area contributed by atoms with E-state index in [2.05, 4.69) is 6.92 Å². The van der Waals surface area contributed by atoms with E-state index in [9.17, 15) is 4.79 Å². The Bertz CT molecular complexity index is 445. The number of methoxy groups -OCH3 is 2. The summed E-state index contributed by atoms with van der Waals surface area (Å²) < 4.78 is 23.1. The van der Waals surface area contributed by atoms with Crippen LogP contribution in [0.5, 0.6) is 0 Å². The molecule has 0 N–H and O–H groups in total. The van der Waals surface area contributed by atoms with Crippen molar-refractivity contribution >= 4 is 5.78 Å². The Kier molecular flexibility index (Phi) is 2.19. The second kappa shape index (κ2) is 3.39. The van der Waals surface area contributed by atoms with Crippen molar-refractivity contribution in [3.05, 3.63) is 0 Å². The molecule has 4 aliphatic rings. The second-order valence-electron chi connectivity index (χ2n) is 6.50. The summed E-state index contributed by atoms with van der Waals surface area (Å²) in [6.45, 7) is 2.14. The predicted octanol–water partition coefficient (Wildman–Crippen LogP) is 1.04. The predicted molar refractivity (Wildman–Crippen MR) is 64.6 cm³/mol. The Hall–Kier alpha value is -0.490. The molecule has 3 saturated heterocycles. The molecule has 5 atom stereocenters. The summed E-state index contributed by atoms with van der Waals surface area (Å²) in [5.41, 5.74) is -1.21. The van der Waals surface area contributed by atoms with Crippen molar-refractivity contribution in [1.29, 1.82) is 0 Å². The molecule has 5 heteroatoms. The molecule has 1 spiro atoms. The molecule has 2 bridgehead atoms. The van der Waals surface area contributed by atoms with Gasteiger partial charge in [-0.05, 0) is 19.3 Å². The Morgan fingerprint density at radius 2 is 2.00 bits per heavy atom. The van der Waals surface area contributed by atoms with Crippen LogP contribution >= 0.6 is 0 Å². The average molecular weight is 268 g/mol. The van der Waals surface area contributed by atoms with Gasteiger partial charge in [0, 0.05) is 26.1 Å². The quantitative estimate of drug-likeness (QED) is 0.553. The van der Waals surface area contributed by atoms with E-state index >= 15 is 0 Å². The summed E-state index contributed by atoms with van der Waals surface area (Å²) in [6, 6.07) is 0.